The Labute approximate surface area is 265 Å². The van der Waals surface area contributed by atoms with E-state index in [0.29, 0.717) is 19.3 Å². The molecule has 2 amide bonds. The molecule has 0 aromatic carbocycles. The molecule has 256 valence electrons. The van der Waals surface area contributed by atoms with Gasteiger partial charge < -0.3 is 32.3 Å². The van der Waals surface area contributed by atoms with Crippen molar-refractivity contribution in [3.63, 3.8) is 0 Å². The number of ketones is 3. The molecule has 8 N–H and O–H groups in total. The third kappa shape index (κ3) is 18.5. The van der Waals surface area contributed by atoms with E-state index in [1.807, 2.05) is 27.7 Å². The standard InChI is InChI=1S/C31H53N5O9/c1-17(2)10-21(14-26(39)40)30(45)36-24(11-18(3)4)25(38)13-22(15-27(41)42)29(44)35-16-23(37)12-20(28(43)19(5)6)8-7-9-34-31(32)33/h17-22,24H,7-16H2,1-6H3,(H,35,44)(H,36,45)(H,39,40)(H,41,42)(H4,32,33,34)/t20-,21+,22+,24+/m1/s1. The van der Waals surface area contributed by atoms with Crippen LogP contribution in [0.15, 0.2) is 4.99 Å². The summed E-state index contributed by atoms with van der Waals surface area (Å²) < 4.78 is 0. The van der Waals surface area contributed by atoms with Gasteiger partial charge in [-0.2, -0.15) is 0 Å². The number of hydrogen-bond donors (Lipinski definition) is 6. The van der Waals surface area contributed by atoms with Crippen molar-refractivity contribution in [2.75, 3.05) is 13.1 Å². The van der Waals surface area contributed by atoms with Gasteiger partial charge in [-0.3, -0.25) is 38.6 Å². The van der Waals surface area contributed by atoms with Crippen LogP contribution in [0.25, 0.3) is 0 Å². The van der Waals surface area contributed by atoms with E-state index in [1.54, 1.807) is 13.8 Å². The first-order valence-electron chi connectivity index (χ1n) is 15.5. The highest BCUT2D eigenvalue weighted by atomic mass is 16.4. The van der Waals surface area contributed by atoms with Crippen molar-refractivity contribution in [1.82, 2.24) is 10.6 Å². The second-order valence-electron chi connectivity index (χ2n) is 12.7. The van der Waals surface area contributed by atoms with Gasteiger partial charge in [0.05, 0.1) is 31.3 Å². The molecule has 0 fully saturated rings. The summed E-state index contributed by atoms with van der Waals surface area (Å²) in [6.45, 7) is 10.6. The third-order valence-corrected chi connectivity index (χ3v) is 7.11. The molecule has 0 saturated heterocycles. The smallest absolute Gasteiger partial charge is 0.304 e. The van der Waals surface area contributed by atoms with Gasteiger partial charge in [0, 0.05) is 37.1 Å². The Balaban J connectivity index is 5.60. The molecule has 14 nitrogen and oxygen atoms in total. The summed E-state index contributed by atoms with van der Waals surface area (Å²) in [5, 5.41) is 23.7. The number of rotatable bonds is 24. The lowest BCUT2D eigenvalue weighted by atomic mass is 9.87. The number of nitrogens with one attached hydrogen (secondary N) is 2. The van der Waals surface area contributed by atoms with E-state index < -0.39 is 84.9 Å². The van der Waals surface area contributed by atoms with Crippen LogP contribution in [0.2, 0.25) is 0 Å². The summed E-state index contributed by atoms with van der Waals surface area (Å²) in [5.41, 5.74) is 10.6. The first-order chi connectivity index (χ1) is 20.8. The predicted octanol–water partition coefficient (Wildman–Crippen LogP) is 1.67. The number of aliphatic carboxylic acids is 2. The van der Waals surface area contributed by atoms with Crippen LogP contribution in [-0.2, 0) is 33.6 Å². The lowest BCUT2D eigenvalue weighted by Gasteiger charge is -2.25. The van der Waals surface area contributed by atoms with Crippen LogP contribution in [0.5, 0.6) is 0 Å². The fraction of sp³-hybridized carbons (Fsp3) is 0.742. The number of nitrogens with two attached hydrogens (primary N) is 2. The van der Waals surface area contributed by atoms with Crippen molar-refractivity contribution in [3.05, 3.63) is 0 Å². The zero-order valence-corrected chi connectivity index (χ0v) is 27.5. The molecule has 0 spiro atoms. The molecule has 0 radical (unpaired) electrons. The highest BCUT2D eigenvalue weighted by molar-refractivity contribution is 5.96. The van der Waals surface area contributed by atoms with Crippen LogP contribution in [-0.4, -0.2) is 76.4 Å². The van der Waals surface area contributed by atoms with Gasteiger partial charge in [-0.05, 0) is 37.5 Å². The fourth-order valence-electron chi connectivity index (χ4n) is 4.99. The molecule has 0 aliphatic rings. The Morgan fingerprint density at radius 3 is 1.76 bits per heavy atom. The number of amides is 2. The molecular weight excluding hydrogens is 586 g/mol. The molecule has 0 aliphatic carbocycles. The molecule has 0 aliphatic heterocycles. The van der Waals surface area contributed by atoms with Gasteiger partial charge in [0.2, 0.25) is 11.8 Å². The van der Waals surface area contributed by atoms with Gasteiger partial charge in [0.25, 0.3) is 0 Å². The maximum absolute atomic E-state index is 13.3. The average Bonchev–Trinajstić information content (AvgIpc) is 2.90. The monoisotopic (exact) mass is 639 g/mol. The van der Waals surface area contributed by atoms with Crippen molar-refractivity contribution >= 4 is 47.1 Å². The summed E-state index contributed by atoms with van der Waals surface area (Å²) in [4.78, 5) is 91.5. The average molecular weight is 640 g/mol. The van der Waals surface area contributed by atoms with E-state index in [9.17, 15) is 43.8 Å². The number of aliphatic imine (C=N–C) groups is 1. The normalized spacial score (nSPS) is 13.9. The summed E-state index contributed by atoms with van der Waals surface area (Å²) in [5.74, 6) is -8.29. The molecule has 0 bridgehead atoms. The Hall–Kier alpha value is -3.84. The number of guanidine groups is 1. The molecule has 0 aromatic rings. The zero-order valence-electron chi connectivity index (χ0n) is 27.5. The van der Waals surface area contributed by atoms with Gasteiger partial charge in [-0.15, -0.1) is 0 Å². The second kappa shape index (κ2) is 21.0. The van der Waals surface area contributed by atoms with E-state index in [-0.39, 0.29) is 48.9 Å². The maximum Gasteiger partial charge on any atom is 0.304 e. The third-order valence-electron chi connectivity index (χ3n) is 7.11. The number of Topliss-reactive ketones (excluding diaryl/α,β-unsaturated/α-hetero) is 3. The number of nitrogens with zero attached hydrogens (tertiary/aromatic N) is 1. The molecule has 14 heteroatoms. The number of carboxylic acids is 2. The van der Waals surface area contributed by atoms with Gasteiger partial charge in [0.15, 0.2) is 17.5 Å². The van der Waals surface area contributed by atoms with Crippen molar-refractivity contribution in [2.24, 2.45) is 52.0 Å². The van der Waals surface area contributed by atoms with Crippen LogP contribution in [0, 0.1) is 35.5 Å². The largest absolute Gasteiger partial charge is 0.481 e. The first kappa shape index (κ1) is 41.2. The Bertz CT molecular complexity index is 1070. The maximum atomic E-state index is 13.3. The Morgan fingerprint density at radius 1 is 0.711 bits per heavy atom. The predicted molar refractivity (Wildman–Crippen MR) is 168 cm³/mol. The van der Waals surface area contributed by atoms with Crippen LogP contribution >= 0.6 is 0 Å². The number of carbonyl (C=O) groups is 7. The topological polar surface area (TPSA) is 248 Å². The quantitative estimate of drug-likeness (QED) is 0.0503. The van der Waals surface area contributed by atoms with Crippen LogP contribution in [0.4, 0.5) is 0 Å². The van der Waals surface area contributed by atoms with E-state index in [0.717, 1.165) is 0 Å². The molecule has 4 atom stereocenters. The summed E-state index contributed by atoms with van der Waals surface area (Å²) in [7, 11) is 0. The van der Waals surface area contributed by atoms with Crippen LogP contribution in [0.1, 0.15) is 92.9 Å². The second-order valence-corrected chi connectivity index (χ2v) is 12.7. The molecule has 0 rings (SSSR count). The lowest BCUT2D eigenvalue weighted by molar-refractivity contribution is -0.142. The van der Waals surface area contributed by atoms with Gasteiger partial charge in [-0.1, -0.05) is 41.5 Å². The molecular formula is C31H53N5O9. The summed E-state index contributed by atoms with van der Waals surface area (Å²) >= 11 is 0. The summed E-state index contributed by atoms with van der Waals surface area (Å²) in [6.07, 6.45) is -0.454. The van der Waals surface area contributed by atoms with Crippen molar-refractivity contribution < 1.29 is 43.8 Å². The number of carbonyl (C=O) groups excluding carboxylic acids is 5. The van der Waals surface area contributed by atoms with E-state index >= 15 is 0 Å². The lowest BCUT2D eigenvalue weighted by Crippen LogP contribution is -2.46. The summed E-state index contributed by atoms with van der Waals surface area (Å²) in [6, 6.07) is -1.06. The SMILES string of the molecule is CC(C)C[C@@H](CC(=O)O)C(=O)N[C@@H](CC(C)C)C(=O)C[C@@H](CC(=O)O)C(=O)NCC(=O)C[C@@H](CCCN=C(N)N)C(=O)C(C)C. The number of hydrogen-bond acceptors (Lipinski definition) is 8. The molecule has 45 heavy (non-hydrogen) atoms. The van der Waals surface area contributed by atoms with E-state index in [2.05, 4.69) is 15.6 Å². The Kier molecular flexibility index (Phi) is 19.2. The van der Waals surface area contributed by atoms with Crippen molar-refractivity contribution in [1.29, 1.82) is 0 Å². The minimum Gasteiger partial charge on any atom is -0.481 e. The molecule has 0 heterocycles. The molecule has 0 unspecified atom stereocenters. The van der Waals surface area contributed by atoms with Gasteiger partial charge >= 0.3 is 11.9 Å². The van der Waals surface area contributed by atoms with Crippen molar-refractivity contribution in [3.8, 4) is 0 Å². The van der Waals surface area contributed by atoms with Gasteiger partial charge in [0.1, 0.15) is 5.78 Å². The fourth-order valence-corrected chi connectivity index (χ4v) is 4.99. The number of carboxylic acid groups (broad SMARTS) is 2. The minimum atomic E-state index is -1.33. The zero-order chi connectivity index (χ0) is 34.9. The minimum absolute atomic E-state index is 0.0224. The van der Waals surface area contributed by atoms with E-state index in [1.165, 1.54) is 0 Å². The van der Waals surface area contributed by atoms with Crippen LogP contribution < -0.4 is 22.1 Å². The van der Waals surface area contributed by atoms with Crippen LogP contribution in [0.3, 0.4) is 0 Å². The Morgan fingerprint density at radius 2 is 1.27 bits per heavy atom. The van der Waals surface area contributed by atoms with Crippen molar-refractivity contribution in [2.45, 2.75) is 99.0 Å². The highest BCUT2D eigenvalue weighted by Gasteiger charge is 2.32. The molecule has 0 aromatic heterocycles. The highest BCUT2D eigenvalue weighted by Crippen LogP contribution is 2.20. The van der Waals surface area contributed by atoms with Gasteiger partial charge in [-0.25, -0.2) is 0 Å². The molecule has 0 saturated carbocycles. The first-order valence-corrected chi connectivity index (χ1v) is 15.5. The van der Waals surface area contributed by atoms with E-state index in [4.69, 9.17) is 11.5 Å².